The van der Waals surface area contributed by atoms with Crippen molar-refractivity contribution >= 4 is 16.3 Å². The quantitative estimate of drug-likeness (QED) is 0.426. The molecule has 0 radical (unpaired) electrons. The van der Waals surface area contributed by atoms with Crippen LogP contribution >= 0.6 is 0 Å². The zero-order valence-corrected chi connectivity index (χ0v) is 11.6. The van der Waals surface area contributed by atoms with Crippen LogP contribution < -0.4 is 15.8 Å². The normalized spacial score (nSPS) is 11.1. The monoisotopic (exact) mass is 290 g/mol. The van der Waals surface area contributed by atoms with Gasteiger partial charge in [-0.3, -0.25) is 4.79 Å². The highest BCUT2D eigenvalue weighted by Gasteiger charge is 2.18. The molecule has 106 valence electrons. The van der Waals surface area contributed by atoms with Crippen LogP contribution in [0.15, 0.2) is 76.4 Å². The largest absolute Gasteiger partial charge is 0.382 e. The molecule has 0 amide bonds. The van der Waals surface area contributed by atoms with Crippen molar-refractivity contribution < 1.29 is 4.52 Å². The minimum atomic E-state index is -0.469. The van der Waals surface area contributed by atoms with Crippen LogP contribution in [0.1, 0.15) is 0 Å². The summed E-state index contributed by atoms with van der Waals surface area (Å²) in [5.41, 5.74) is 0.182. The SMILES string of the molecule is O=c1[nH][n+]2ccc3ccccc3c2c(=O)n1-c1ccccc1. The number of H-pyrrole nitrogens is 1. The fraction of sp³-hybridized carbons (Fsp3) is 0. The van der Waals surface area contributed by atoms with E-state index < -0.39 is 5.69 Å². The topological polar surface area (TPSA) is 59.0 Å². The molecule has 0 atom stereocenters. The lowest BCUT2D eigenvalue weighted by Crippen LogP contribution is -2.46. The average molecular weight is 290 g/mol. The molecular weight excluding hydrogens is 278 g/mol. The Balaban J connectivity index is 2.23. The van der Waals surface area contributed by atoms with Crippen molar-refractivity contribution in [2.75, 3.05) is 0 Å². The molecule has 0 unspecified atom stereocenters. The zero-order chi connectivity index (χ0) is 15.1. The van der Waals surface area contributed by atoms with Gasteiger partial charge >= 0.3 is 16.8 Å². The molecular formula is C17H12N3O2+. The van der Waals surface area contributed by atoms with E-state index in [1.165, 1.54) is 4.52 Å². The number of hydrogen-bond donors (Lipinski definition) is 1. The second kappa shape index (κ2) is 4.66. The van der Waals surface area contributed by atoms with Gasteiger partial charge in [-0.2, -0.15) is 0 Å². The van der Waals surface area contributed by atoms with Gasteiger partial charge in [0.25, 0.3) is 0 Å². The molecule has 0 aliphatic heterocycles. The molecule has 0 spiro atoms. The maximum atomic E-state index is 12.9. The van der Waals surface area contributed by atoms with E-state index in [4.69, 9.17) is 0 Å². The Morgan fingerprint density at radius 1 is 0.864 bits per heavy atom. The lowest BCUT2D eigenvalue weighted by molar-refractivity contribution is -0.583. The van der Waals surface area contributed by atoms with E-state index in [1.54, 1.807) is 30.5 Å². The molecule has 4 rings (SSSR count). The van der Waals surface area contributed by atoms with Gasteiger partial charge in [0, 0.05) is 6.07 Å². The Morgan fingerprint density at radius 3 is 2.41 bits per heavy atom. The number of nitrogens with zero attached hydrogens (tertiary/aromatic N) is 2. The molecule has 2 heterocycles. The number of benzene rings is 2. The summed E-state index contributed by atoms with van der Waals surface area (Å²) in [7, 11) is 0. The van der Waals surface area contributed by atoms with E-state index in [0.29, 0.717) is 11.2 Å². The Bertz CT molecular complexity index is 1110. The predicted octanol–water partition coefficient (Wildman–Crippen LogP) is 1.42. The first-order valence-corrected chi connectivity index (χ1v) is 6.89. The van der Waals surface area contributed by atoms with E-state index in [1.807, 2.05) is 36.4 Å². The first-order valence-electron chi connectivity index (χ1n) is 6.89. The van der Waals surface area contributed by atoms with Crippen LogP contribution in [0.2, 0.25) is 0 Å². The Morgan fingerprint density at radius 2 is 1.59 bits per heavy atom. The molecule has 5 nitrogen and oxygen atoms in total. The summed E-state index contributed by atoms with van der Waals surface area (Å²) < 4.78 is 2.63. The summed E-state index contributed by atoms with van der Waals surface area (Å²) in [5.74, 6) is 0. The van der Waals surface area contributed by atoms with E-state index in [0.717, 1.165) is 15.3 Å². The fourth-order valence-corrected chi connectivity index (χ4v) is 2.69. The molecule has 0 saturated heterocycles. The molecule has 22 heavy (non-hydrogen) atoms. The number of pyridine rings is 1. The van der Waals surface area contributed by atoms with Crippen molar-refractivity contribution in [1.29, 1.82) is 0 Å². The minimum absolute atomic E-state index is 0.341. The van der Waals surface area contributed by atoms with Gasteiger partial charge in [0.05, 0.1) is 11.1 Å². The number of aromatic amines is 1. The van der Waals surface area contributed by atoms with Gasteiger partial charge in [0.15, 0.2) is 0 Å². The van der Waals surface area contributed by atoms with E-state index in [2.05, 4.69) is 5.10 Å². The number of fused-ring (bicyclic) bond motifs is 3. The third-order valence-electron chi connectivity index (χ3n) is 3.70. The first-order chi connectivity index (χ1) is 10.8. The van der Waals surface area contributed by atoms with Crippen LogP contribution in [0.3, 0.4) is 0 Å². The van der Waals surface area contributed by atoms with E-state index in [9.17, 15) is 9.59 Å². The van der Waals surface area contributed by atoms with Gasteiger partial charge in [0.2, 0.25) is 6.20 Å². The molecule has 4 aromatic rings. The van der Waals surface area contributed by atoms with Gasteiger partial charge in [-0.1, -0.05) is 40.9 Å². The van der Waals surface area contributed by atoms with Gasteiger partial charge < -0.3 is 0 Å². The Kier molecular flexibility index (Phi) is 2.66. The zero-order valence-electron chi connectivity index (χ0n) is 11.6. The number of nitrogens with one attached hydrogen (secondary N) is 1. The number of aromatic nitrogens is 3. The van der Waals surface area contributed by atoms with Crippen LogP contribution in [-0.4, -0.2) is 9.67 Å². The van der Waals surface area contributed by atoms with Crippen LogP contribution in [0.5, 0.6) is 0 Å². The highest BCUT2D eigenvalue weighted by molar-refractivity contribution is 5.92. The maximum absolute atomic E-state index is 12.9. The van der Waals surface area contributed by atoms with E-state index >= 15 is 0 Å². The molecule has 2 aromatic heterocycles. The lowest BCUT2D eigenvalue weighted by Gasteiger charge is -2.03. The highest BCUT2D eigenvalue weighted by atomic mass is 16.2. The number of rotatable bonds is 1. The standard InChI is InChI=1S/C17H11N3O2/c21-16-15-14-9-5-4-6-12(14)10-11-19(15)18-17(22)20(16)13-7-2-1-3-8-13/h1-11H/p+1. The Labute approximate surface area is 124 Å². The van der Waals surface area contributed by atoms with Crippen LogP contribution in [-0.2, 0) is 0 Å². The van der Waals surface area contributed by atoms with Gasteiger partial charge in [-0.15, -0.1) is 5.10 Å². The number of hydrogen-bond acceptors (Lipinski definition) is 2. The van der Waals surface area contributed by atoms with E-state index in [-0.39, 0.29) is 5.56 Å². The van der Waals surface area contributed by atoms with Gasteiger partial charge in [0.1, 0.15) is 0 Å². The summed E-state index contributed by atoms with van der Waals surface area (Å²) >= 11 is 0. The summed E-state index contributed by atoms with van der Waals surface area (Å²) in [5, 5.41) is 4.47. The highest BCUT2D eigenvalue weighted by Crippen LogP contribution is 2.13. The smallest absolute Gasteiger partial charge is 0.261 e. The third-order valence-corrected chi connectivity index (χ3v) is 3.70. The fourth-order valence-electron chi connectivity index (χ4n) is 2.69. The van der Waals surface area contributed by atoms with Crippen molar-refractivity contribution in [3.8, 4) is 5.69 Å². The maximum Gasteiger partial charge on any atom is 0.382 e. The van der Waals surface area contributed by atoms with Crippen LogP contribution in [0.4, 0.5) is 0 Å². The van der Waals surface area contributed by atoms with Crippen LogP contribution in [0, 0.1) is 0 Å². The second-order valence-electron chi connectivity index (χ2n) is 5.01. The first kappa shape index (κ1) is 12.5. The molecule has 0 aliphatic carbocycles. The summed E-state index contributed by atoms with van der Waals surface area (Å²) in [6, 6.07) is 18.4. The summed E-state index contributed by atoms with van der Waals surface area (Å²) in [6.45, 7) is 0. The molecule has 0 aliphatic rings. The average Bonchev–Trinajstić information content (AvgIpc) is 2.55. The van der Waals surface area contributed by atoms with Crippen molar-refractivity contribution in [2.24, 2.45) is 0 Å². The number of para-hydroxylation sites is 1. The minimum Gasteiger partial charge on any atom is -0.261 e. The van der Waals surface area contributed by atoms with Crippen molar-refractivity contribution in [3.05, 3.63) is 87.7 Å². The van der Waals surface area contributed by atoms with Gasteiger partial charge in [-0.25, -0.2) is 9.36 Å². The van der Waals surface area contributed by atoms with Crippen molar-refractivity contribution in [2.45, 2.75) is 0 Å². The van der Waals surface area contributed by atoms with Crippen LogP contribution in [0.25, 0.3) is 22.0 Å². The molecule has 0 bridgehead atoms. The van der Waals surface area contributed by atoms with Crippen molar-refractivity contribution in [1.82, 2.24) is 9.67 Å². The molecule has 2 aromatic carbocycles. The third kappa shape index (κ3) is 1.76. The predicted molar refractivity (Wildman–Crippen MR) is 83.3 cm³/mol. The second-order valence-corrected chi connectivity index (χ2v) is 5.01. The molecule has 5 heteroatoms. The summed E-state index contributed by atoms with van der Waals surface area (Å²) in [6.07, 6.45) is 1.69. The molecule has 1 N–H and O–H groups in total. The van der Waals surface area contributed by atoms with Crippen molar-refractivity contribution in [3.63, 3.8) is 0 Å². The lowest BCUT2D eigenvalue weighted by atomic mass is 10.1. The molecule has 0 saturated carbocycles. The van der Waals surface area contributed by atoms with Gasteiger partial charge in [-0.05, 0) is 23.6 Å². The Hall–Kier alpha value is -3.21. The molecule has 0 fully saturated rings. The summed E-state index contributed by atoms with van der Waals surface area (Å²) in [4.78, 5) is 25.2.